The van der Waals surface area contributed by atoms with Crippen LogP contribution in [0.2, 0.25) is 0 Å². The van der Waals surface area contributed by atoms with Crippen LogP contribution in [0.1, 0.15) is 57.1 Å². The number of ether oxygens (including phenoxy) is 1. The largest absolute Gasteiger partial charge is 0.508 e. The van der Waals surface area contributed by atoms with E-state index in [1.165, 1.54) is 32.1 Å². The van der Waals surface area contributed by atoms with Crippen LogP contribution >= 0.6 is 15.9 Å². The van der Waals surface area contributed by atoms with Gasteiger partial charge in [0.15, 0.2) is 0 Å². The van der Waals surface area contributed by atoms with E-state index in [0.29, 0.717) is 11.9 Å². The Labute approximate surface area is 136 Å². The Morgan fingerprint density at radius 3 is 2.81 bits per heavy atom. The Morgan fingerprint density at radius 2 is 2.10 bits per heavy atom. The van der Waals surface area contributed by atoms with E-state index < -0.39 is 0 Å². The van der Waals surface area contributed by atoms with Gasteiger partial charge in [0, 0.05) is 22.6 Å². The molecule has 1 aromatic carbocycles. The molecule has 118 valence electrons. The van der Waals surface area contributed by atoms with Crippen molar-refractivity contribution in [3.63, 3.8) is 0 Å². The third kappa shape index (κ3) is 5.28. The van der Waals surface area contributed by atoms with Crippen molar-refractivity contribution in [3.05, 3.63) is 28.2 Å². The van der Waals surface area contributed by atoms with E-state index in [4.69, 9.17) is 4.74 Å². The van der Waals surface area contributed by atoms with Gasteiger partial charge < -0.3 is 15.2 Å². The maximum Gasteiger partial charge on any atom is 0.120 e. The van der Waals surface area contributed by atoms with Crippen LogP contribution in [0.4, 0.5) is 0 Å². The first-order valence-electron chi connectivity index (χ1n) is 8.04. The average molecular weight is 356 g/mol. The minimum absolute atomic E-state index is 0.164. The van der Waals surface area contributed by atoms with E-state index in [1.807, 2.05) is 12.1 Å². The zero-order valence-corrected chi connectivity index (χ0v) is 14.4. The molecule has 2 N–H and O–H groups in total. The van der Waals surface area contributed by atoms with Crippen molar-refractivity contribution >= 4 is 15.9 Å². The molecule has 1 atom stereocenters. The van der Waals surface area contributed by atoms with Crippen LogP contribution in [0.25, 0.3) is 0 Å². The number of phenols is 1. The van der Waals surface area contributed by atoms with Gasteiger partial charge in [-0.1, -0.05) is 42.1 Å². The van der Waals surface area contributed by atoms with Crippen LogP contribution in [0, 0.1) is 0 Å². The molecule has 1 fully saturated rings. The second-order valence-electron chi connectivity index (χ2n) is 5.75. The Balaban J connectivity index is 1.78. The number of benzene rings is 1. The van der Waals surface area contributed by atoms with Crippen molar-refractivity contribution in [3.8, 4) is 5.75 Å². The quantitative estimate of drug-likeness (QED) is 0.705. The van der Waals surface area contributed by atoms with Gasteiger partial charge in [0.1, 0.15) is 5.75 Å². The Kier molecular flexibility index (Phi) is 7.00. The Hall–Kier alpha value is -0.580. The van der Waals surface area contributed by atoms with Crippen LogP contribution in [0.15, 0.2) is 22.7 Å². The number of nitrogens with one attached hydrogen (secondary N) is 1. The lowest BCUT2D eigenvalue weighted by atomic mass is 9.98. The highest BCUT2D eigenvalue weighted by Gasteiger charge is 2.15. The van der Waals surface area contributed by atoms with Crippen molar-refractivity contribution in [2.75, 3.05) is 13.2 Å². The smallest absolute Gasteiger partial charge is 0.120 e. The summed E-state index contributed by atoms with van der Waals surface area (Å²) in [6.45, 7) is 3.69. The van der Waals surface area contributed by atoms with Gasteiger partial charge in [-0.05, 0) is 37.5 Å². The highest BCUT2D eigenvalue weighted by molar-refractivity contribution is 9.10. The summed E-state index contributed by atoms with van der Waals surface area (Å²) < 4.78 is 6.93. The molecule has 0 heterocycles. The maximum atomic E-state index is 10.0. The minimum Gasteiger partial charge on any atom is -0.508 e. The van der Waals surface area contributed by atoms with Crippen LogP contribution in [-0.4, -0.2) is 24.4 Å². The molecule has 1 aliphatic carbocycles. The minimum atomic E-state index is 0.164. The van der Waals surface area contributed by atoms with Crippen LogP contribution in [0.5, 0.6) is 5.75 Å². The van der Waals surface area contributed by atoms with Crippen LogP contribution in [0.3, 0.4) is 0 Å². The molecule has 0 radical (unpaired) electrons. The SMILES string of the molecule is CCC(NCCOC1CCCCC1)c1cc(Br)ccc1O. The van der Waals surface area contributed by atoms with Crippen LogP contribution in [-0.2, 0) is 4.74 Å². The summed E-state index contributed by atoms with van der Waals surface area (Å²) >= 11 is 3.46. The molecule has 0 aromatic heterocycles. The van der Waals surface area contributed by atoms with Crippen molar-refractivity contribution < 1.29 is 9.84 Å². The third-order valence-electron chi connectivity index (χ3n) is 4.17. The number of phenolic OH excluding ortho intramolecular Hbond substituents is 1. The first-order chi connectivity index (χ1) is 10.2. The molecule has 0 aliphatic heterocycles. The molecule has 0 bridgehead atoms. The fraction of sp³-hybridized carbons (Fsp3) is 0.647. The van der Waals surface area contributed by atoms with Gasteiger partial charge in [-0.3, -0.25) is 0 Å². The molecule has 1 aliphatic rings. The van der Waals surface area contributed by atoms with E-state index in [2.05, 4.69) is 28.2 Å². The van der Waals surface area contributed by atoms with E-state index in [0.717, 1.165) is 29.6 Å². The zero-order chi connectivity index (χ0) is 15.1. The van der Waals surface area contributed by atoms with Gasteiger partial charge in [0.05, 0.1) is 12.7 Å². The molecule has 1 saturated carbocycles. The summed E-state index contributed by atoms with van der Waals surface area (Å²) in [6.07, 6.45) is 7.79. The number of rotatable bonds is 7. The highest BCUT2D eigenvalue weighted by Crippen LogP contribution is 2.29. The predicted octanol–water partition coefficient (Wildman–Crippen LogP) is 4.54. The average Bonchev–Trinajstić information content (AvgIpc) is 2.51. The van der Waals surface area contributed by atoms with Gasteiger partial charge in [-0.25, -0.2) is 0 Å². The highest BCUT2D eigenvalue weighted by atomic mass is 79.9. The zero-order valence-electron chi connectivity index (χ0n) is 12.8. The second kappa shape index (κ2) is 8.76. The number of hydrogen-bond donors (Lipinski definition) is 2. The summed E-state index contributed by atoms with van der Waals surface area (Å²) in [5.74, 6) is 0.353. The van der Waals surface area contributed by atoms with E-state index in [9.17, 15) is 5.11 Å². The molecule has 2 rings (SSSR count). The molecule has 4 heteroatoms. The van der Waals surface area contributed by atoms with Gasteiger partial charge in [-0.2, -0.15) is 0 Å². The van der Waals surface area contributed by atoms with E-state index in [1.54, 1.807) is 6.07 Å². The predicted molar refractivity (Wildman–Crippen MR) is 89.7 cm³/mol. The summed E-state index contributed by atoms with van der Waals surface area (Å²) in [5, 5.41) is 13.5. The molecular weight excluding hydrogens is 330 g/mol. The number of halogens is 1. The summed E-state index contributed by atoms with van der Waals surface area (Å²) in [7, 11) is 0. The molecule has 1 aromatic rings. The maximum absolute atomic E-state index is 10.0. The normalized spacial score (nSPS) is 17.8. The van der Waals surface area contributed by atoms with Crippen molar-refractivity contribution in [1.29, 1.82) is 0 Å². The number of aromatic hydroxyl groups is 1. The third-order valence-corrected chi connectivity index (χ3v) is 4.67. The van der Waals surface area contributed by atoms with Gasteiger partial charge in [0.25, 0.3) is 0 Å². The Bertz CT molecular complexity index is 433. The van der Waals surface area contributed by atoms with E-state index in [-0.39, 0.29) is 6.04 Å². The van der Waals surface area contributed by atoms with Crippen LogP contribution < -0.4 is 5.32 Å². The lowest BCUT2D eigenvalue weighted by Crippen LogP contribution is -2.27. The van der Waals surface area contributed by atoms with E-state index >= 15 is 0 Å². The van der Waals surface area contributed by atoms with Gasteiger partial charge in [-0.15, -0.1) is 0 Å². The van der Waals surface area contributed by atoms with Crippen molar-refractivity contribution in [2.24, 2.45) is 0 Å². The van der Waals surface area contributed by atoms with Crippen molar-refractivity contribution in [2.45, 2.75) is 57.6 Å². The second-order valence-corrected chi connectivity index (χ2v) is 6.66. The molecule has 0 amide bonds. The lowest BCUT2D eigenvalue weighted by Gasteiger charge is -2.23. The van der Waals surface area contributed by atoms with Gasteiger partial charge >= 0.3 is 0 Å². The first kappa shape index (κ1) is 16.8. The van der Waals surface area contributed by atoms with Gasteiger partial charge in [0.2, 0.25) is 0 Å². The molecular formula is C17H26BrNO2. The standard InChI is InChI=1S/C17H26BrNO2/c1-2-16(15-12-13(18)8-9-17(15)20)19-10-11-21-14-6-4-3-5-7-14/h8-9,12,14,16,19-20H,2-7,10-11H2,1H3. The fourth-order valence-electron chi connectivity index (χ4n) is 2.97. The topological polar surface area (TPSA) is 41.5 Å². The molecule has 1 unspecified atom stereocenters. The molecule has 0 spiro atoms. The monoisotopic (exact) mass is 355 g/mol. The summed E-state index contributed by atoms with van der Waals surface area (Å²) in [4.78, 5) is 0. The fourth-order valence-corrected chi connectivity index (χ4v) is 3.35. The molecule has 21 heavy (non-hydrogen) atoms. The summed E-state index contributed by atoms with van der Waals surface area (Å²) in [6, 6.07) is 5.75. The Morgan fingerprint density at radius 1 is 1.33 bits per heavy atom. The lowest BCUT2D eigenvalue weighted by molar-refractivity contribution is 0.0293. The first-order valence-corrected chi connectivity index (χ1v) is 8.83. The number of hydrogen-bond acceptors (Lipinski definition) is 3. The molecule has 3 nitrogen and oxygen atoms in total. The summed E-state index contributed by atoms with van der Waals surface area (Å²) in [5.41, 5.74) is 0.949. The van der Waals surface area contributed by atoms with Crippen molar-refractivity contribution in [1.82, 2.24) is 5.32 Å². The molecule has 0 saturated heterocycles.